The fourth-order valence-electron chi connectivity index (χ4n) is 2.80. The summed E-state index contributed by atoms with van der Waals surface area (Å²) in [5.74, 6) is 0. The summed E-state index contributed by atoms with van der Waals surface area (Å²) < 4.78 is 13.2. The Morgan fingerprint density at radius 1 is 0.917 bits per heavy atom. The topological polar surface area (TPSA) is 36.3 Å². The summed E-state index contributed by atoms with van der Waals surface area (Å²) in [6.07, 6.45) is -0.233. The standard InChI is InChI=1S/C20H28N2O2/c1-19(2,3)16-13-17(20(4,5)6)22(21-16)15-9-7-14(8-10-15)18-23-11-12-24-18/h7-10,13,18H,11-12H2,1-6H3. The molecule has 0 spiro atoms. The van der Waals surface area contributed by atoms with Crippen molar-refractivity contribution in [3.63, 3.8) is 0 Å². The summed E-state index contributed by atoms with van der Waals surface area (Å²) in [5.41, 5.74) is 4.49. The van der Waals surface area contributed by atoms with Crippen molar-refractivity contribution in [1.82, 2.24) is 9.78 Å². The molecule has 24 heavy (non-hydrogen) atoms. The molecule has 130 valence electrons. The summed E-state index contributed by atoms with van der Waals surface area (Å²) in [6.45, 7) is 14.6. The lowest BCUT2D eigenvalue weighted by atomic mass is 9.88. The minimum Gasteiger partial charge on any atom is -0.346 e. The maximum Gasteiger partial charge on any atom is 0.184 e. The maximum absolute atomic E-state index is 5.57. The Labute approximate surface area is 144 Å². The minimum absolute atomic E-state index is 0.0207. The minimum atomic E-state index is -0.233. The van der Waals surface area contributed by atoms with Gasteiger partial charge in [-0.15, -0.1) is 0 Å². The number of hydrogen-bond donors (Lipinski definition) is 0. The van der Waals surface area contributed by atoms with Crippen LogP contribution in [0.25, 0.3) is 5.69 Å². The summed E-state index contributed by atoms with van der Waals surface area (Å²) in [6, 6.07) is 10.5. The highest BCUT2D eigenvalue weighted by Crippen LogP contribution is 2.31. The predicted octanol–water partition coefficient (Wildman–Crippen LogP) is 4.51. The van der Waals surface area contributed by atoms with Crippen LogP contribution >= 0.6 is 0 Å². The molecule has 4 heteroatoms. The van der Waals surface area contributed by atoms with Gasteiger partial charge in [0, 0.05) is 22.1 Å². The maximum atomic E-state index is 5.57. The van der Waals surface area contributed by atoms with Gasteiger partial charge in [0.1, 0.15) is 0 Å². The zero-order chi connectivity index (χ0) is 17.5. The van der Waals surface area contributed by atoms with Gasteiger partial charge in [0.15, 0.2) is 6.29 Å². The average Bonchev–Trinajstić information content (AvgIpc) is 3.16. The number of nitrogens with zero attached hydrogens (tertiary/aromatic N) is 2. The van der Waals surface area contributed by atoms with Crippen LogP contribution in [0.3, 0.4) is 0 Å². The molecule has 0 aliphatic carbocycles. The van der Waals surface area contributed by atoms with E-state index in [0.29, 0.717) is 13.2 Å². The van der Waals surface area contributed by atoms with E-state index < -0.39 is 0 Å². The van der Waals surface area contributed by atoms with E-state index in [0.717, 1.165) is 16.9 Å². The van der Waals surface area contributed by atoms with Crippen molar-refractivity contribution in [2.24, 2.45) is 0 Å². The summed E-state index contributed by atoms with van der Waals surface area (Å²) in [4.78, 5) is 0. The van der Waals surface area contributed by atoms with E-state index in [1.165, 1.54) is 5.69 Å². The third-order valence-electron chi connectivity index (χ3n) is 4.28. The van der Waals surface area contributed by atoms with Crippen molar-refractivity contribution in [3.05, 3.63) is 47.3 Å². The molecular weight excluding hydrogens is 300 g/mol. The lowest BCUT2D eigenvalue weighted by Gasteiger charge is -2.20. The quantitative estimate of drug-likeness (QED) is 0.813. The molecule has 1 aromatic heterocycles. The normalized spacial score (nSPS) is 16.8. The lowest BCUT2D eigenvalue weighted by molar-refractivity contribution is -0.0441. The molecular formula is C20H28N2O2. The largest absolute Gasteiger partial charge is 0.346 e. The van der Waals surface area contributed by atoms with Gasteiger partial charge in [0.2, 0.25) is 0 Å². The molecule has 2 aromatic rings. The monoisotopic (exact) mass is 328 g/mol. The molecule has 0 unspecified atom stereocenters. The fourth-order valence-corrected chi connectivity index (χ4v) is 2.80. The van der Waals surface area contributed by atoms with Gasteiger partial charge in [0.25, 0.3) is 0 Å². The number of aromatic nitrogens is 2. The SMILES string of the molecule is CC(C)(C)c1cc(C(C)(C)C)n(-c2ccc(C3OCCO3)cc2)n1. The van der Waals surface area contributed by atoms with Gasteiger partial charge in [-0.2, -0.15) is 5.10 Å². The van der Waals surface area contributed by atoms with E-state index in [1.807, 2.05) is 0 Å². The predicted molar refractivity (Wildman–Crippen MR) is 95.6 cm³/mol. The Kier molecular flexibility index (Phi) is 4.30. The van der Waals surface area contributed by atoms with Crippen LogP contribution in [0.2, 0.25) is 0 Å². The molecule has 1 fully saturated rings. The molecule has 0 atom stereocenters. The molecule has 3 rings (SSSR count). The van der Waals surface area contributed by atoms with Crippen LogP contribution in [0.5, 0.6) is 0 Å². The first kappa shape index (κ1) is 17.2. The van der Waals surface area contributed by atoms with Crippen molar-refractivity contribution in [2.75, 3.05) is 13.2 Å². The summed E-state index contributed by atoms with van der Waals surface area (Å²) in [5, 5.41) is 4.90. The van der Waals surface area contributed by atoms with Crippen molar-refractivity contribution in [3.8, 4) is 5.69 Å². The Morgan fingerprint density at radius 3 is 2.00 bits per heavy atom. The van der Waals surface area contributed by atoms with Gasteiger partial charge >= 0.3 is 0 Å². The number of ether oxygens (including phenoxy) is 2. The molecule has 0 radical (unpaired) electrons. The zero-order valence-corrected chi connectivity index (χ0v) is 15.6. The smallest absolute Gasteiger partial charge is 0.184 e. The Hall–Kier alpha value is -1.65. The van der Waals surface area contributed by atoms with E-state index in [9.17, 15) is 0 Å². The van der Waals surface area contributed by atoms with E-state index in [4.69, 9.17) is 14.6 Å². The number of hydrogen-bond acceptors (Lipinski definition) is 3. The van der Waals surface area contributed by atoms with Crippen LogP contribution in [0, 0.1) is 0 Å². The van der Waals surface area contributed by atoms with Gasteiger partial charge in [-0.1, -0.05) is 53.7 Å². The Morgan fingerprint density at radius 2 is 1.50 bits per heavy atom. The molecule has 0 N–H and O–H groups in total. The van der Waals surface area contributed by atoms with Gasteiger partial charge < -0.3 is 9.47 Å². The van der Waals surface area contributed by atoms with E-state index in [2.05, 4.69) is 76.6 Å². The van der Waals surface area contributed by atoms with E-state index in [1.54, 1.807) is 0 Å². The van der Waals surface area contributed by atoms with Gasteiger partial charge in [-0.3, -0.25) is 0 Å². The second kappa shape index (κ2) is 6.01. The second-order valence-electron chi connectivity index (χ2n) is 8.49. The third kappa shape index (κ3) is 3.40. The summed E-state index contributed by atoms with van der Waals surface area (Å²) in [7, 11) is 0. The van der Waals surface area contributed by atoms with Crippen LogP contribution in [-0.4, -0.2) is 23.0 Å². The van der Waals surface area contributed by atoms with Gasteiger partial charge in [-0.05, 0) is 18.2 Å². The molecule has 1 aliphatic rings. The first-order valence-electron chi connectivity index (χ1n) is 8.61. The Bertz CT molecular complexity index is 697. The van der Waals surface area contributed by atoms with Crippen molar-refractivity contribution in [2.45, 2.75) is 58.7 Å². The van der Waals surface area contributed by atoms with E-state index >= 15 is 0 Å². The molecule has 1 aromatic carbocycles. The van der Waals surface area contributed by atoms with Crippen LogP contribution in [-0.2, 0) is 20.3 Å². The van der Waals surface area contributed by atoms with E-state index in [-0.39, 0.29) is 17.1 Å². The molecule has 0 bridgehead atoms. The molecule has 0 saturated carbocycles. The van der Waals surface area contributed by atoms with Crippen LogP contribution in [0.4, 0.5) is 0 Å². The molecule has 4 nitrogen and oxygen atoms in total. The summed E-state index contributed by atoms with van der Waals surface area (Å²) >= 11 is 0. The first-order chi connectivity index (χ1) is 11.2. The Balaban J connectivity index is 2.00. The fraction of sp³-hybridized carbons (Fsp3) is 0.550. The second-order valence-corrected chi connectivity index (χ2v) is 8.49. The number of rotatable bonds is 2. The number of benzene rings is 1. The van der Waals surface area contributed by atoms with Crippen LogP contribution in [0.1, 0.15) is 64.8 Å². The highest BCUT2D eigenvalue weighted by atomic mass is 16.7. The molecule has 1 aliphatic heterocycles. The average molecular weight is 328 g/mol. The third-order valence-corrected chi connectivity index (χ3v) is 4.28. The van der Waals surface area contributed by atoms with Crippen molar-refractivity contribution >= 4 is 0 Å². The molecule has 1 saturated heterocycles. The molecule has 0 amide bonds. The zero-order valence-electron chi connectivity index (χ0n) is 15.6. The first-order valence-corrected chi connectivity index (χ1v) is 8.61. The van der Waals surface area contributed by atoms with Gasteiger partial charge in [-0.25, -0.2) is 4.68 Å². The molecule has 2 heterocycles. The van der Waals surface area contributed by atoms with Crippen molar-refractivity contribution in [1.29, 1.82) is 0 Å². The van der Waals surface area contributed by atoms with Crippen molar-refractivity contribution < 1.29 is 9.47 Å². The van der Waals surface area contributed by atoms with Crippen LogP contribution in [0.15, 0.2) is 30.3 Å². The van der Waals surface area contributed by atoms with Gasteiger partial charge in [0.05, 0.1) is 24.6 Å². The lowest BCUT2D eigenvalue weighted by Crippen LogP contribution is -2.17. The highest BCUT2D eigenvalue weighted by molar-refractivity contribution is 5.39. The highest BCUT2D eigenvalue weighted by Gasteiger charge is 2.26. The van der Waals surface area contributed by atoms with Crippen LogP contribution < -0.4 is 0 Å².